The van der Waals surface area contributed by atoms with Crippen LogP contribution in [0.3, 0.4) is 0 Å². The standard InChI is InChI=1S/C16H15ClN4O/c1-11-9-14(20-15-6-8-19-21(11)15)16(22)18-7-5-12-3-2-4-13(17)10-12/h2-4,6,8-10H,5,7H2,1H3,(H,18,22). The van der Waals surface area contributed by atoms with E-state index >= 15 is 0 Å². The number of rotatable bonds is 4. The molecule has 112 valence electrons. The van der Waals surface area contributed by atoms with E-state index in [-0.39, 0.29) is 5.91 Å². The Labute approximate surface area is 132 Å². The number of aryl methyl sites for hydroxylation is 1. The third kappa shape index (κ3) is 3.09. The van der Waals surface area contributed by atoms with Crippen LogP contribution in [0.2, 0.25) is 5.02 Å². The Bertz CT molecular complexity index is 828. The molecule has 0 aliphatic heterocycles. The van der Waals surface area contributed by atoms with Gasteiger partial charge in [0.15, 0.2) is 5.65 Å². The molecule has 0 atom stereocenters. The number of nitrogens with one attached hydrogen (secondary N) is 1. The van der Waals surface area contributed by atoms with Gasteiger partial charge in [-0.1, -0.05) is 23.7 Å². The van der Waals surface area contributed by atoms with E-state index in [0.29, 0.717) is 22.9 Å². The van der Waals surface area contributed by atoms with Crippen LogP contribution in [0.4, 0.5) is 0 Å². The lowest BCUT2D eigenvalue weighted by atomic mass is 10.1. The highest BCUT2D eigenvalue weighted by atomic mass is 35.5. The molecule has 2 aromatic heterocycles. The largest absolute Gasteiger partial charge is 0.350 e. The molecule has 0 aliphatic rings. The molecule has 0 radical (unpaired) electrons. The van der Waals surface area contributed by atoms with E-state index in [1.54, 1.807) is 22.8 Å². The fourth-order valence-corrected chi connectivity index (χ4v) is 2.50. The minimum atomic E-state index is -0.186. The van der Waals surface area contributed by atoms with Crippen LogP contribution in [0.25, 0.3) is 5.65 Å². The molecule has 1 amide bonds. The van der Waals surface area contributed by atoms with Gasteiger partial charge in [0.2, 0.25) is 0 Å². The quantitative estimate of drug-likeness (QED) is 0.805. The maximum Gasteiger partial charge on any atom is 0.270 e. The van der Waals surface area contributed by atoms with Gasteiger partial charge in [0.05, 0.1) is 6.20 Å². The molecular weight excluding hydrogens is 300 g/mol. The van der Waals surface area contributed by atoms with E-state index < -0.39 is 0 Å². The first-order valence-electron chi connectivity index (χ1n) is 6.97. The van der Waals surface area contributed by atoms with Crippen molar-refractivity contribution in [2.75, 3.05) is 6.54 Å². The second-order valence-corrected chi connectivity index (χ2v) is 5.46. The highest BCUT2D eigenvalue weighted by Crippen LogP contribution is 2.11. The molecular formula is C16H15ClN4O. The number of fused-ring (bicyclic) bond motifs is 1. The van der Waals surface area contributed by atoms with Crippen LogP contribution in [-0.2, 0) is 6.42 Å². The summed E-state index contributed by atoms with van der Waals surface area (Å²) in [5.41, 5.74) is 3.02. The number of hydrogen-bond donors (Lipinski definition) is 1. The Hall–Kier alpha value is -2.40. The van der Waals surface area contributed by atoms with Crippen molar-refractivity contribution < 1.29 is 4.79 Å². The highest BCUT2D eigenvalue weighted by molar-refractivity contribution is 6.30. The maximum atomic E-state index is 12.2. The fraction of sp³-hybridized carbons (Fsp3) is 0.188. The van der Waals surface area contributed by atoms with Crippen LogP contribution in [0.1, 0.15) is 21.7 Å². The van der Waals surface area contributed by atoms with Gasteiger partial charge in [0, 0.05) is 23.3 Å². The Kier molecular flexibility index (Phi) is 4.06. The topological polar surface area (TPSA) is 59.3 Å². The van der Waals surface area contributed by atoms with Gasteiger partial charge in [-0.25, -0.2) is 9.50 Å². The molecule has 0 bridgehead atoms. The predicted molar refractivity (Wildman–Crippen MR) is 85.2 cm³/mol. The molecule has 1 N–H and O–H groups in total. The van der Waals surface area contributed by atoms with Crippen molar-refractivity contribution in [1.29, 1.82) is 0 Å². The Morgan fingerprint density at radius 1 is 1.32 bits per heavy atom. The number of benzene rings is 1. The third-order valence-electron chi connectivity index (χ3n) is 3.36. The van der Waals surface area contributed by atoms with Crippen LogP contribution >= 0.6 is 11.6 Å². The molecule has 3 aromatic rings. The van der Waals surface area contributed by atoms with E-state index in [9.17, 15) is 4.79 Å². The number of halogens is 1. The number of amides is 1. The molecule has 0 spiro atoms. The molecule has 0 saturated carbocycles. The molecule has 0 saturated heterocycles. The third-order valence-corrected chi connectivity index (χ3v) is 3.59. The summed E-state index contributed by atoms with van der Waals surface area (Å²) in [5.74, 6) is -0.186. The first kappa shape index (κ1) is 14.5. The molecule has 2 heterocycles. The minimum Gasteiger partial charge on any atom is -0.350 e. The van der Waals surface area contributed by atoms with Crippen molar-refractivity contribution in [2.24, 2.45) is 0 Å². The SMILES string of the molecule is Cc1cc(C(=O)NCCc2cccc(Cl)c2)nc2ccnn12. The number of nitrogens with zero attached hydrogens (tertiary/aromatic N) is 3. The van der Waals surface area contributed by atoms with E-state index in [4.69, 9.17) is 11.6 Å². The van der Waals surface area contributed by atoms with E-state index in [1.165, 1.54) is 0 Å². The van der Waals surface area contributed by atoms with Crippen LogP contribution in [0.5, 0.6) is 0 Å². The van der Waals surface area contributed by atoms with Crippen molar-refractivity contribution in [3.8, 4) is 0 Å². The summed E-state index contributed by atoms with van der Waals surface area (Å²) in [5, 5.41) is 7.72. The van der Waals surface area contributed by atoms with Gasteiger partial charge in [-0.3, -0.25) is 4.79 Å². The number of hydrogen-bond acceptors (Lipinski definition) is 3. The number of carbonyl (C=O) groups excluding carboxylic acids is 1. The fourth-order valence-electron chi connectivity index (χ4n) is 2.29. The van der Waals surface area contributed by atoms with Gasteiger partial charge < -0.3 is 5.32 Å². The Balaban J connectivity index is 1.66. The molecule has 6 heteroatoms. The van der Waals surface area contributed by atoms with Crippen molar-refractivity contribution in [3.05, 3.63) is 64.6 Å². The zero-order valence-corrected chi connectivity index (χ0v) is 12.8. The molecule has 0 fully saturated rings. The lowest BCUT2D eigenvalue weighted by molar-refractivity contribution is 0.0949. The average molecular weight is 315 g/mol. The minimum absolute atomic E-state index is 0.186. The number of aromatic nitrogens is 3. The van der Waals surface area contributed by atoms with Crippen molar-refractivity contribution in [1.82, 2.24) is 19.9 Å². The van der Waals surface area contributed by atoms with E-state index in [1.807, 2.05) is 31.2 Å². The average Bonchev–Trinajstić information content (AvgIpc) is 2.96. The summed E-state index contributed by atoms with van der Waals surface area (Å²) in [6, 6.07) is 11.1. The Morgan fingerprint density at radius 3 is 3.00 bits per heavy atom. The van der Waals surface area contributed by atoms with Crippen LogP contribution in [0, 0.1) is 6.92 Å². The Morgan fingerprint density at radius 2 is 2.18 bits per heavy atom. The van der Waals surface area contributed by atoms with Crippen LogP contribution in [0.15, 0.2) is 42.6 Å². The smallest absolute Gasteiger partial charge is 0.270 e. The van der Waals surface area contributed by atoms with E-state index in [0.717, 1.165) is 17.7 Å². The first-order valence-corrected chi connectivity index (χ1v) is 7.35. The molecule has 5 nitrogen and oxygen atoms in total. The first-order chi connectivity index (χ1) is 10.6. The summed E-state index contributed by atoms with van der Waals surface area (Å²) >= 11 is 5.94. The molecule has 0 aliphatic carbocycles. The van der Waals surface area contributed by atoms with Gasteiger partial charge in [-0.2, -0.15) is 5.10 Å². The van der Waals surface area contributed by atoms with E-state index in [2.05, 4.69) is 15.4 Å². The van der Waals surface area contributed by atoms with Gasteiger partial charge in [0.1, 0.15) is 5.69 Å². The second kappa shape index (κ2) is 6.15. The highest BCUT2D eigenvalue weighted by Gasteiger charge is 2.10. The van der Waals surface area contributed by atoms with Gasteiger partial charge in [-0.05, 0) is 37.1 Å². The summed E-state index contributed by atoms with van der Waals surface area (Å²) in [4.78, 5) is 16.5. The van der Waals surface area contributed by atoms with Gasteiger partial charge in [0.25, 0.3) is 5.91 Å². The van der Waals surface area contributed by atoms with Crippen molar-refractivity contribution in [2.45, 2.75) is 13.3 Å². The molecule has 3 rings (SSSR count). The summed E-state index contributed by atoms with van der Waals surface area (Å²) in [6.45, 7) is 2.43. The zero-order valence-electron chi connectivity index (χ0n) is 12.1. The van der Waals surface area contributed by atoms with Crippen molar-refractivity contribution in [3.63, 3.8) is 0 Å². The summed E-state index contributed by atoms with van der Waals surface area (Å²) < 4.78 is 1.70. The molecule has 1 aromatic carbocycles. The molecule has 0 unspecified atom stereocenters. The van der Waals surface area contributed by atoms with Crippen molar-refractivity contribution >= 4 is 23.2 Å². The maximum absolute atomic E-state index is 12.2. The lowest BCUT2D eigenvalue weighted by Gasteiger charge is -2.07. The van der Waals surface area contributed by atoms with Gasteiger partial charge >= 0.3 is 0 Å². The summed E-state index contributed by atoms with van der Waals surface area (Å²) in [7, 11) is 0. The van der Waals surface area contributed by atoms with Crippen LogP contribution in [-0.4, -0.2) is 27.0 Å². The van der Waals surface area contributed by atoms with Crippen LogP contribution < -0.4 is 5.32 Å². The number of carbonyl (C=O) groups is 1. The second-order valence-electron chi connectivity index (χ2n) is 5.02. The normalized spacial score (nSPS) is 10.8. The predicted octanol–water partition coefficient (Wildman–Crippen LogP) is 2.66. The van der Waals surface area contributed by atoms with Gasteiger partial charge in [-0.15, -0.1) is 0 Å². The molecule has 22 heavy (non-hydrogen) atoms. The zero-order chi connectivity index (χ0) is 15.5. The summed E-state index contributed by atoms with van der Waals surface area (Å²) in [6.07, 6.45) is 2.39. The monoisotopic (exact) mass is 314 g/mol. The lowest BCUT2D eigenvalue weighted by Crippen LogP contribution is -2.27.